The highest BCUT2D eigenvalue weighted by Crippen LogP contribution is 2.19. The van der Waals surface area contributed by atoms with E-state index in [4.69, 9.17) is 4.74 Å². The van der Waals surface area contributed by atoms with Crippen molar-refractivity contribution in [1.29, 1.82) is 0 Å². The van der Waals surface area contributed by atoms with E-state index < -0.39 is 0 Å². The summed E-state index contributed by atoms with van der Waals surface area (Å²) in [5.41, 5.74) is 2.77. The number of para-hydroxylation sites is 1. The lowest BCUT2D eigenvalue weighted by Crippen LogP contribution is -2.09. The number of ether oxygens (including phenoxy) is 1. The fourth-order valence-corrected chi connectivity index (χ4v) is 2.52. The number of carbonyl (C=O) groups is 2. The summed E-state index contributed by atoms with van der Waals surface area (Å²) in [4.78, 5) is 26.4. The molecule has 23 heavy (non-hydrogen) atoms. The Kier molecular flexibility index (Phi) is 4.24. The smallest absolute Gasteiger partial charge is 0.311 e. The van der Waals surface area contributed by atoms with Crippen LogP contribution < -0.4 is 4.74 Å². The van der Waals surface area contributed by atoms with Gasteiger partial charge in [-0.2, -0.15) is 0 Å². The molecule has 0 unspecified atom stereocenters. The average Bonchev–Trinajstić information content (AvgIpc) is 2.97. The second-order valence-corrected chi connectivity index (χ2v) is 5.41. The van der Waals surface area contributed by atoms with Crippen molar-refractivity contribution in [3.05, 3.63) is 65.9 Å². The lowest BCUT2D eigenvalue weighted by atomic mass is 10.1. The van der Waals surface area contributed by atoms with Crippen molar-refractivity contribution >= 4 is 22.7 Å². The molecule has 0 atom stereocenters. The molecule has 0 saturated heterocycles. The standard InChI is InChI=1S/C19H17NO3/c1-13(21)14-6-9-16(10-7-14)23-19(22)11-8-15-12-20-18-5-3-2-4-17(15)18/h2-7,9-10,12,20H,8,11H2,1H3. The number of esters is 1. The second-order valence-electron chi connectivity index (χ2n) is 5.41. The minimum Gasteiger partial charge on any atom is -0.427 e. The normalized spacial score (nSPS) is 10.7. The molecule has 0 aliphatic carbocycles. The summed E-state index contributed by atoms with van der Waals surface area (Å²) in [6.45, 7) is 1.50. The molecule has 0 saturated carbocycles. The van der Waals surface area contributed by atoms with E-state index in [9.17, 15) is 9.59 Å². The summed E-state index contributed by atoms with van der Waals surface area (Å²) < 4.78 is 5.30. The third kappa shape index (κ3) is 3.48. The van der Waals surface area contributed by atoms with Crippen LogP contribution in [-0.4, -0.2) is 16.7 Å². The van der Waals surface area contributed by atoms with Crippen LogP contribution in [0.25, 0.3) is 10.9 Å². The van der Waals surface area contributed by atoms with Gasteiger partial charge in [-0.1, -0.05) is 18.2 Å². The Hall–Kier alpha value is -2.88. The quantitative estimate of drug-likeness (QED) is 0.442. The first-order valence-corrected chi connectivity index (χ1v) is 7.50. The second kappa shape index (κ2) is 6.48. The molecule has 1 aromatic heterocycles. The van der Waals surface area contributed by atoms with Crippen molar-refractivity contribution in [2.45, 2.75) is 19.8 Å². The summed E-state index contributed by atoms with van der Waals surface area (Å²) >= 11 is 0. The summed E-state index contributed by atoms with van der Waals surface area (Å²) in [5, 5.41) is 1.13. The van der Waals surface area contributed by atoms with E-state index in [1.165, 1.54) is 6.92 Å². The van der Waals surface area contributed by atoms with Crippen molar-refractivity contribution in [3.63, 3.8) is 0 Å². The molecule has 1 N–H and O–H groups in total. The SMILES string of the molecule is CC(=O)c1ccc(OC(=O)CCc2c[nH]c3ccccc23)cc1. The molecule has 0 bridgehead atoms. The molecule has 0 aliphatic heterocycles. The zero-order valence-corrected chi connectivity index (χ0v) is 12.8. The molecule has 116 valence electrons. The van der Waals surface area contributed by atoms with Gasteiger partial charge < -0.3 is 9.72 Å². The molecular weight excluding hydrogens is 290 g/mol. The van der Waals surface area contributed by atoms with Crippen molar-refractivity contribution < 1.29 is 14.3 Å². The summed E-state index contributed by atoms with van der Waals surface area (Å²) in [6.07, 6.45) is 2.85. The Bertz CT molecular complexity index is 846. The highest BCUT2D eigenvalue weighted by molar-refractivity contribution is 5.94. The first-order chi connectivity index (χ1) is 11.1. The van der Waals surface area contributed by atoms with Gasteiger partial charge in [-0.25, -0.2) is 0 Å². The van der Waals surface area contributed by atoms with Crippen LogP contribution in [0.2, 0.25) is 0 Å². The molecule has 3 aromatic rings. The van der Waals surface area contributed by atoms with Crippen LogP contribution in [0.15, 0.2) is 54.7 Å². The van der Waals surface area contributed by atoms with Gasteiger partial charge in [0, 0.05) is 22.7 Å². The molecule has 3 rings (SSSR count). The largest absolute Gasteiger partial charge is 0.427 e. The molecule has 4 heteroatoms. The summed E-state index contributed by atoms with van der Waals surface area (Å²) in [6, 6.07) is 14.6. The number of ketones is 1. The molecule has 0 amide bonds. The number of Topliss-reactive ketones (excluding diaryl/α,β-unsaturated/α-hetero) is 1. The van der Waals surface area contributed by atoms with E-state index in [0.29, 0.717) is 24.2 Å². The third-order valence-electron chi connectivity index (χ3n) is 3.77. The number of benzene rings is 2. The van der Waals surface area contributed by atoms with Gasteiger partial charge in [0.15, 0.2) is 5.78 Å². The Balaban J connectivity index is 1.60. The number of aryl methyl sites for hydroxylation is 1. The minimum absolute atomic E-state index is 0.0118. The average molecular weight is 307 g/mol. The molecule has 0 aliphatic rings. The number of hydrogen-bond donors (Lipinski definition) is 1. The van der Waals surface area contributed by atoms with Crippen LogP contribution in [-0.2, 0) is 11.2 Å². The van der Waals surface area contributed by atoms with Crippen LogP contribution in [0.1, 0.15) is 29.3 Å². The molecular formula is C19H17NO3. The van der Waals surface area contributed by atoms with Crippen LogP contribution in [0.5, 0.6) is 5.75 Å². The maximum atomic E-state index is 12.0. The first kappa shape index (κ1) is 15.0. The number of carbonyl (C=O) groups excluding carboxylic acids is 2. The van der Waals surface area contributed by atoms with E-state index in [2.05, 4.69) is 4.98 Å². The van der Waals surface area contributed by atoms with E-state index >= 15 is 0 Å². The fourth-order valence-electron chi connectivity index (χ4n) is 2.52. The van der Waals surface area contributed by atoms with Crippen LogP contribution in [0, 0.1) is 0 Å². The number of aromatic amines is 1. The lowest BCUT2D eigenvalue weighted by molar-refractivity contribution is -0.134. The molecule has 0 fully saturated rings. The lowest BCUT2D eigenvalue weighted by Gasteiger charge is -2.05. The van der Waals surface area contributed by atoms with Gasteiger partial charge in [-0.05, 0) is 49.2 Å². The van der Waals surface area contributed by atoms with Gasteiger partial charge in [0.1, 0.15) is 5.75 Å². The van der Waals surface area contributed by atoms with Gasteiger partial charge >= 0.3 is 5.97 Å². The zero-order chi connectivity index (χ0) is 16.2. The van der Waals surface area contributed by atoms with E-state index in [1.807, 2.05) is 30.5 Å². The Labute approximate surface area is 134 Å². The number of aromatic nitrogens is 1. The summed E-state index contributed by atoms with van der Waals surface area (Å²) in [7, 11) is 0. The molecule has 4 nitrogen and oxygen atoms in total. The maximum Gasteiger partial charge on any atom is 0.311 e. The van der Waals surface area contributed by atoms with Crippen molar-refractivity contribution in [1.82, 2.24) is 4.98 Å². The van der Waals surface area contributed by atoms with Crippen LogP contribution in [0.3, 0.4) is 0 Å². The third-order valence-corrected chi connectivity index (χ3v) is 3.77. The van der Waals surface area contributed by atoms with Crippen molar-refractivity contribution in [2.75, 3.05) is 0 Å². The Morgan fingerprint density at radius 1 is 1.04 bits per heavy atom. The van der Waals surface area contributed by atoms with Gasteiger partial charge in [0.25, 0.3) is 0 Å². The fraction of sp³-hybridized carbons (Fsp3) is 0.158. The molecule has 0 spiro atoms. The predicted octanol–water partition coefficient (Wildman–Crippen LogP) is 3.91. The van der Waals surface area contributed by atoms with Crippen LogP contribution >= 0.6 is 0 Å². The van der Waals surface area contributed by atoms with E-state index in [0.717, 1.165) is 16.5 Å². The molecule has 2 aromatic carbocycles. The van der Waals surface area contributed by atoms with E-state index in [-0.39, 0.29) is 11.8 Å². The maximum absolute atomic E-state index is 12.0. The topological polar surface area (TPSA) is 59.2 Å². The Morgan fingerprint density at radius 2 is 1.78 bits per heavy atom. The predicted molar refractivity (Wildman–Crippen MR) is 88.7 cm³/mol. The molecule has 1 heterocycles. The number of fused-ring (bicyclic) bond motifs is 1. The van der Waals surface area contributed by atoms with Crippen molar-refractivity contribution in [3.8, 4) is 5.75 Å². The highest BCUT2D eigenvalue weighted by atomic mass is 16.5. The zero-order valence-electron chi connectivity index (χ0n) is 12.8. The number of rotatable bonds is 5. The first-order valence-electron chi connectivity index (χ1n) is 7.50. The summed E-state index contributed by atoms with van der Waals surface area (Å²) in [5.74, 6) is 0.159. The van der Waals surface area contributed by atoms with Crippen LogP contribution in [0.4, 0.5) is 0 Å². The number of H-pyrrole nitrogens is 1. The monoisotopic (exact) mass is 307 g/mol. The van der Waals surface area contributed by atoms with Gasteiger partial charge in [-0.3, -0.25) is 9.59 Å². The number of nitrogens with one attached hydrogen (secondary N) is 1. The van der Waals surface area contributed by atoms with Gasteiger partial charge in [-0.15, -0.1) is 0 Å². The number of hydrogen-bond acceptors (Lipinski definition) is 3. The molecule has 0 radical (unpaired) electrons. The van der Waals surface area contributed by atoms with Gasteiger partial charge in [0.05, 0.1) is 6.42 Å². The van der Waals surface area contributed by atoms with E-state index in [1.54, 1.807) is 24.3 Å². The Morgan fingerprint density at radius 3 is 2.52 bits per heavy atom. The highest BCUT2D eigenvalue weighted by Gasteiger charge is 2.09. The van der Waals surface area contributed by atoms with Crippen molar-refractivity contribution in [2.24, 2.45) is 0 Å². The minimum atomic E-state index is -0.286. The van der Waals surface area contributed by atoms with Gasteiger partial charge in [0.2, 0.25) is 0 Å².